The summed E-state index contributed by atoms with van der Waals surface area (Å²) in [5.41, 5.74) is 1.79. The van der Waals surface area contributed by atoms with Crippen LogP contribution in [0.25, 0.3) is 10.8 Å². The van der Waals surface area contributed by atoms with E-state index in [1.54, 1.807) is 12.3 Å². The standard InChI is InChI=1S/C17H15NO2/c19-11-15-8-9-16(10-18-15)20-12-14-6-3-5-13-4-1-2-7-17(13)14/h1-10,19H,11-12H2. The van der Waals surface area contributed by atoms with Gasteiger partial charge in [0.05, 0.1) is 18.5 Å². The van der Waals surface area contributed by atoms with E-state index in [1.165, 1.54) is 10.8 Å². The number of aromatic nitrogens is 1. The second kappa shape index (κ2) is 5.72. The zero-order chi connectivity index (χ0) is 13.8. The van der Waals surface area contributed by atoms with Crippen molar-refractivity contribution in [3.05, 3.63) is 72.1 Å². The summed E-state index contributed by atoms with van der Waals surface area (Å²) in [6.45, 7) is 0.450. The van der Waals surface area contributed by atoms with Gasteiger partial charge < -0.3 is 9.84 Å². The molecule has 1 heterocycles. The van der Waals surface area contributed by atoms with Crippen LogP contribution in [0, 0.1) is 0 Å². The van der Waals surface area contributed by atoms with Crippen LogP contribution < -0.4 is 4.74 Å². The number of aliphatic hydroxyl groups is 1. The lowest BCUT2D eigenvalue weighted by Gasteiger charge is -2.09. The summed E-state index contributed by atoms with van der Waals surface area (Å²) in [4.78, 5) is 4.10. The molecule has 3 aromatic rings. The Morgan fingerprint density at radius 3 is 2.60 bits per heavy atom. The third-order valence-electron chi connectivity index (χ3n) is 3.23. The van der Waals surface area contributed by atoms with Crippen LogP contribution in [0.4, 0.5) is 0 Å². The van der Waals surface area contributed by atoms with Crippen molar-refractivity contribution in [1.29, 1.82) is 0 Å². The maximum atomic E-state index is 8.95. The van der Waals surface area contributed by atoms with Gasteiger partial charge in [0.15, 0.2) is 0 Å². The molecular weight excluding hydrogens is 250 g/mol. The van der Waals surface area contributed by atoms with Gasteiger partial charge in [-0.3, -0.25) is 4.98 Å². The molecule has 0 fully saturated rings. The highest BCUT2D eigenvalue weighted by Crippen LogP contribution is 2.20. The summed E-state index contributed by atoms with van der Waals surface area (Å²) in [6, 6.07) is 18.0. The second-order valence-electron chi connectivity index (χ2n) is 4.57. The third-order valence-corrected chi connectivity index (χ3v) is 3.23. The predicted molar refractivity (Wildman–Crippen MR) is 78.4 cm³/mol. The molecule has 20 heavy (non-hydrogen) atoms. The molecule has 0 amide bonds. The molecule has 3 nitrogen and oxygen atoms in total. The van der Waals surface area contributed by atoms with E-state index >= 15 is 0 Å². The molecule has 0 unspecified atom stereocenters. The Balaban J connectivity index is 1.79. The van der Waals surface area contributed by atoms with Crippen molar-refractivity contribution in [3.8, 4) is 5.75 Å². The molecule has 0 atom stereocenters. The lowest BCUT2D eigenvalue weighted by molar-refractivity contribution is 0.275. The Labute approximate surface area is 117 Å². The fourth-order valence-electron chi connectivity index (χ4n) is 2.17. The molecule has 0 bridgehead atoms. The van der Waals surface area contributed by atoms with Crippen LogP contribution in [0.5, 0.6) is 5.75 Å². The van der Waals surface area contributed by atoms with E-state index in [0.29, 0.717) is 18.1 Å². The molecule has 0 aliphatic carbocycles. The third kappa shape index (κ3) is 2.63. The number of benzene rings is 2. The van der Waals surface area contributed by atoms with Crippen LogP contribution in [-0.4, -0.2) is 10.1 Å². The smallest absolute Gasteiger partial charge is 0.138 e. The van der Waals surface area contributed by atoms with Crippen molar-refractivity contribution in [2.45, 2.75) is 13.2 Å². The molecule has 1 N–H and O–H groups in total. The minimum absolute atomic E-state index is 0.0520. The zero-order valence-electron chi connectivity index (χ0n) is 11.0. The molecule has 100 valence electrons. The van der Waals surface area contributed by atoms with E-state index in [2.05, 4.69) is 29.2 Å². The van der Waals surface area contributed by atoms with Crippen LogP contribution >= 0.6 is 0 Å². The molecule has 0 saturated carbocycles. The molecule has 3 rings (SSSR count). The van der Waals surface area contributed by atoms with Gasteiger partial charge in [0, 0.05) is 0 Å². The van der Waals surface area contributed by atoms with Crippen LogP contribution in [0.1, 0.15) is 11.3 Å². The molecule has 0 radical (unpaired) electrons. The van der Waals surface area contributed by atoms with E-state index in [1.807, 2.05) is 24.3 Å². The number of hydrogen-bond acceptors (Lipinski definition) is 3. The van der Waals surface area contributed by atoms with Crippen molar-refractivity contribution in [2.24, 2.45) is 0 Å². The average molecular weight is 265 g/mol. The minimum atomic E-state index is -0.0520. The van der Waals surface area contributed by atoms with Gasteiger partial charge in [0.25, 0.3) is 0 Å². The highest BCUT2D eigenvalue weighted by atomic mass is 16.5. The van der Waals surface area contributed by atoms with Crippen molar-refractivity contribution >= 4 is 10.8 Å². The Hall–Kier alpha value is -2.39. The van der Waals surface area contributed by atoms with Crippen molar-refractivity contribution in [3.63, 3.8) is 0 Å². The van der Waals surface area contributed by atoms with Crippen LogP contribution in [0.3, 0.4) is 0 Å². The molecule has 3 heteroatoms. The quantitative estimate of drug-likeness (QED) is 0.787. The van der Waals surface area contributed by atoms with Crippen molar-refractivity contribution in [1.82, 2.24) is 4.98 Å². The van der Waals surface area contributed by atoms with Crippen molar-refractivity contribution in [2.75, 3.05) is 0 Å². The average Bonchev–Trinajstić information content (AvgIpc) is 2.53. The summed E-state index contributed by atoms with van der Waals surface area (Å²) >= 11 is 0. The van der Waals surface area contributed by atoms with E-state index in [9.17, 15) is 0 Å². The normalized spacial score (nSPS) is 10.7. The lowest BCUT2D eigenvalue weighted by Crippen LogP contribution is -1.97. The van der Waals surface area contributed by atoms with Crippen LogP contribution in [0.15, 0.2) is 60.8 Å². The van der Waals surface area contributed by atoms with E-state index in [0.717, 1.165) is 5.56 Å². The summed E-state index contributed by atoms with van der Waals surface area (Å²) < 4.78 is 5.76. The Morgan fingerprint density at radius 2 is 1.80 bits per heavy atom. The minimum Gasteiger partial charge on any atom is -0.487 e. The van der Waals surface area contributed by atoms with Gasteiger partial charge in [0.1, 0.15) is 12.4 Å². The monoisotopic (exact) mass is 265 g/mol. The molecule has 0 aliphatic rings. The van der Waals surface area contributed by atoms with Gasteiger partial charge >= 0.3 is 0 Å². The molecule has 0 aliphatic heterocycles. The number of rotatable bonds is 4. The van der Waals surface area contributed by atoms with Gasteiger partial charge in [-0.05, 0) is 28.5 Å². The number of nitrogens with zero attached hydrogens (tertiary/aromatic N) is 1. The summed E-state index contributed by atoms with van der Waals surface area (Å²) in [5.74, 6) is 0.704. The highest BCUT2D eigenvalue weighted by molar-refractivity contribution is 5.85. The second-order valence-corrected chi connectivity index (χ2v) is 4.57. The van der Waals surface area contributed by atoms with E-state index in [4.69, 9.17) is 9.84 Å². The number of ether oxygens (including phenoxy) is 1. The van der Waals surface area contributed by atoms with E-state index < -0.39 is 0 Å². The first-order chi connectivity index (χ1) is 9.86. The van der Waals surface area contributed by atoms with Gasteiger partial charge in [0.2, 0.25) is 0 Å². The first kappa shape index (κ1) is 12.6. The van der Waals surface area contributed by atoms with Crippen molar-refractivity contribution < 1.29 is 9.84 Å². The number of aliphatic hydroxyl groups excluding tert-OH is 1. The van der Waals surface area contributed by atoms with Gasteiger partial charge in [-0.1, -0.05) is 42.5 Å². The van der Waals surface area contributed by atoms with Gasteiger partial charge in [-0.2, -0.15) is 0 Å². The Kier molecular flexibility index (Phi) is 3.61. The molecule has 0 spiro atoms. The van der Waals surface area contributed by atoms with Crippen LogP contribution in [0.2, 0.25) is 0 Å². The topological polar surface area (TPSA) is 42.4 Å². The first-order valence-electron chi connectivity index (χ1n) is 6.52. The van der Waals surface area contributed by atoms with Gasteiger partial charge in [-0.15, -0.1) is 0 Å². The SMILES string of the molecule is OCc1ccc(OCc2cccc3ccccc23)cn1. The highest BCUT2D eigenvalue weighted by Gasteiger charge is 2.02. The summed E-state index contributed by atoms with van der Waals surface area (Å²) in [7, 11) is 0. The molecule has 0 saturated heterocycles. The first-order valence-corrected chi connectivity index (χ1v) is 6.52. The maximum Gasteiger partial charge on any atom is 0.138 e. The van der Waals surface area contributed by atoms with E-state index in [-0.39, 0.29) is 6.61 Å². The Morgan fingerprint density at radius 1 is 0.950 bits per heavy atom. The molecular formula is C17H15NO2. The molecule has 1 aromatic heterocycles. The number of fused-ring (bicyclic) bond motifs is 1. The predicted octanol–water partition coefficient (Wildman–Crippen LogP) is 3.31. The maximum absolute atomic E-state index is 8.95. The largest absolute Gasteiger partial charge is 0.487 e. The fourth-order valence-corrected chi connectivity index (χ4v) is 2.17. The number of pyridine rings is 1. The number of hydrogen-bond donors (Lipinski definition) is 1. The zero-order valence-corrected chi connectivity index (χ0v) is 11.0. The summed E-state index contributed by atoms with van der Waals surface area (Å²) in [5, 5.41) is 11.4. The lowest BCUT2D eigenvalue weighted by atomic mass is 10.1. The summed E-state index contributed by atoms with van der Waals surface area (Å²) in [6.07, 6.45) is 1.64. The fraction of sp³-hybridized carbons (Fsp3) is 0.118. The van der Waals surface area contributed by atoms with Gasteiger partial charge in [-0.25, -0.2) is 0 Å². The molecule has 2 aromatic carbocycles. The van der Waals surface area contributed by atoms with Crippen LogP contribution in [-0.2, 0) is 13.2 Å². The Bertz CT molecular complexity index is 702.